The van der Waals surface area contributed by atoms with Crippen LogP contribution in [0.15, 0.2) is 12.3 Å². The first-order valence-electron chi connectivity index (χ1n) is 5.51. The molecule has 7 heteroatoms. The van der Waals surface area contributed by atoms with Gasteiger partial charge in [-0.25, -0.2) is 14.2 Å². The lowest BCUT2D eigenvalue weighted by Gasteiger charge is -2.23. The van der Waals surface area contributed by atoms with E-state index in [9.17, 15) is 14.0 Å². The standard InChI is InChI=1S/C11H12FN3O3/c12-6-4-7(11(17)18)9(14-5-6)15-8-2-1-3-13-10(8)16/h4-5,8H,1-3H2,(H,13,16)(H,14,15)(H,17,18). The fourth-order valence-electron chi connectivity index (χ4n) is 1.79. The number of rotatable bonds is 3. The van der Waals surface area contributed by atoms with Gasteiger partial charge in [-0.2, -0.15) is 0 Å². The van der Waals surface area contributed by atoms with Crippen LogP contribution < -0.4 is 10.6 Å². The molecule has 1 aromatic heterocycles. The predicted molar refractivity (Wildman–Crippen MR) is 60.8 cm³/mol. The number of carboxylic acid groups (broad SMARTS) is 1. The zero-order valence-corrected chi connectivity index (χ0v) is 9.44. The van der Waals surface area contributed by atoms with Gasteiger partial charge in [-0.1, -0.05) is 0 Å². The SMILES string of the molecule is O=C(O)c1cc(F)cnc1NC1CCCNC1=O. The van der Waals surface area contributed by atoms with Crippen molar-refractivity contribution in [2.24, 2.45) is 0 Å². The Kier molecular flexibility index (Phi) is 3.40. The maximum atomic E-state index is 12.9. The smallest absolute Gasteiger partial charge is 0.339 e. The number of aromatic nitrogens is 1. The van der Waals surface area contributed by atoms with Crippen LogP contribution in [0, 0.1) is 5.82 Å². The number of carboxylic acids is 1. The van der Waals surface area contributed by atoms with Crippen molar-refractivity contribution in [3.05, 3.63) is 23.6 Å². The number of carbonyl (C=O) groups is 2. The van der Waals surface area contributed by atoms with E-state index < -0.39 is 17.8 Å². The zero-order valence-electron chi connectivity index (χ0n) is 9.44. The molecule has 0 radical (unpaired) electrons. The van der Waals surface area contributed by atoms with Crippen molar-refractivity contribution >= 4 is 17.7 Å². The summed E-state index contributed by atoms with van der Waals surface area (Å²) < 4.78 is 12.9. The van der Waals surface area contributed by atoms with Gasteiger partial charge in [0.1, 0.15) is 23.2 Å². The largest absolute Gasteiger partial charge is 0.478 e. The Labute approximate surface area is 102 Å². The van der Waals surface area contributed by atoms with Crippen LogP contribution in [0.5, 0.6) is 0 Å². The van der Waals surface area contributed by atoms with E-state index in [0.29, 0.717) is 13.0 Å². The summed E-state index contributed by atoms with van der Waals surface area (Å²) in [4.78, 5) is 26.2. The maximum Gasteiger partial charge on any atom is 0.339 e. The topological polar surface area (TPSA) is 91.3 Å². The molecular formula is C11H12FN3O3. The molecule has 1 aromatic rings. The summed E-state index contributed by atoms with van der Waals surface area (Å²) in [6.07, 6.45) is 2.30. The molecule has 0 saturated carbocycles. The van der Waals surface area contributed by atoms with Gasteiger partial charge in [0, 0.05) is 6.54 Å². The first-order valence-corrected chi connectivity index (χ1v) is 5.51. The number of nitrogens with zero attached hydrogens (tertiary/aromatic N) is 1. The molecule has 1 saturated heterocycles. The number of carbonyl (C=O) groups excluding carboxylic acids is 1. The molecule has 2 rings (SSSR count). The number of pyridine rings is 1. The minimum absolute atomic E-state index is 0.00551. The van der Waals surface area contributed by atoms with Crippen LogP contribution in [0.2, 0.25) is 0 Å². The third-order valence-corrected chi connectivity index (χ3v) is 2.68. The Morgan fingerprint density at radius 2 is 2.39 bits per heavy atom. The van der Waals surface area contributed by atoms with Crippen LogP contribution >= 0.6 is 0 Å². The summed E-state index contributed by atoms with van der Waals surface area (Å²) in [5, 5.41) is 14.3. The highest BCUT2D eigenvalue weighted by molar-refractivity contribution is 5.94. The van der Waals surface area contributed by atoms with E-state index in [2.05, 4.69) is 15.6 Å². The highest BCUT2D eigenvalue weighted by atomic mass is 19.1. The Balaban J connectivity index is 2.22. The van der Waals surface area contributed by atoms with E-state index in [-0.39, 0.29) is 17.3 Å². The van der Waals surface area contributed by atoms with E-state index in [1.54, 1.807) is 0 Å². The lowest BCUT2D eigenvalue weighted by Crippen LogP contribution is -2.44. The average molecular weight is 253 g/mol. The fraction of sp³-hybridized carbons (Fsp3) is 0.364. The lowest BCUT2D eigenvalue weighted by atomic mass is 10.1. The molecular weight excluding hydrogens is 241 g/mol. The van der Waals surface area contributed by atoms with Gasteiger partial charge < -0.3 is 15.7 Å². The maximum absolute atomic E-state index is 12.9. The minimum Gasteiger partial charge on any atom is -0.478 e. The Morgan fingerprint density at radius 3 is 3.06 bits per heavy atom. The third-order valence-electron chi connectivity index (χ3n) is 2.68. The lowest BCUT2D eigenvalue weighted by molar-refractivity contribution is -0.123. The van der Waals surface area contributed by atoms with Crippen LogP contribution in [-0.4, -0.2) is 34.6 Å². The first-order chi connectivity index (χ1) is 8.58. The summed E-state index contributed by atoms with van der Waals surface area (Å²) in [7, 11) is 0. The van der Waals surface area contributed by atoms with Gasteiger partial charge in [-0.05, 0) is 18.9 Å². The number of piperidine rings is 1. The number of anilines is 1. The molecule has 1 fully saturated rings. The molecule has 0 aliphatic carbocycles. The van der Waals surface area contributed by atoms with Gasteiger partial charge in [0.15, 0.2) is 0 Å². The summed E-state index contributed by atoms with van der Waals surface area (Å²) >= 11 is 0. The highest BCUT2D eigenvalue weighted by Crippen LogP contribution is 2.17. The van der Waals surface area contributed by atoms with Crippen LogP contribution in [-0.2, 0) is 4.79 Å². The van der Waals surface area contributed by atoms with Gasteiger partial charge in [-0.15, -0.1) is 0 Å². The molecule has 0 aromatic carbocycles. The number of hydrogen-bond donors (Lipinski definition) is 3. The number of amides is 1. The molecule has 18 heavy (non-hydrogen) atoms. The number of halogens is 1. The van der Waals surface area contributed by atoms with E-state index in [0.717, 1.165) is 18.7 Å². The summed E-state index contributed by atoms with van der Waals surface area (Å²) in [6.45, 7) is 0.611. The molecule has 3 N–H and O–H groups in total. The van der Waals surface area contributed by atoms with Crippen molar-refractivity contribution in [3.8, 4) is 0 Å². The Bertz CT molecular complexity index is 492. The van der Waals surface area contributed by atoms with Crippen LogP contribution in [0.4, 0.5) is 10.2 Å². The zero-order chi connectivity index (χ0) is 13.1. The Hall–Kier alpha value is -2.18. The third kappa shape index (κ3) is 2.55. The van der Waals surface area contributed by atoms with Crippen molar-refractivity contribution < 1.29 is 19.1 Å². The fourth-order valence-corrected chi connectivity index (χ4v) is 1.79. The molecule has 1 atom stereocenters. The van der Waals surface area contributed by atoms with E-state index >= 15 is 0 Å². The summed E-state index contributed by atoms with van der Waals surface area (Å²) in [6, 6.07) is 0.341. The van der Waals surface area contributed by atoms with Gasteiger partial charge in [0.2, 0.25) is 5.91 Å². The second kappa shape index (κ2) is 4.99. The Morgan fingerprint density at radius 1 is 1.61 bits per heavy atom. The summed E-state index contributed by atoms with van der Waals surface area (Å²) in [5.74, 6) is -2.22. The van der Waals surface area contributed by atoms with E-state index in [4.69, 9.17) is 5.11 Å². The van der Waals surface area contributed by atoms with Crippen LogP contribution in [0.3, 0.4) is 0 Å². The second-order valence-corrected chi connectivity index (χ2v) is 3.99. The van der Waals surface area contributed by atoms with Crippen molar-refractivity contribution in [1.82, 2.24) is 10.3 Å². The molecule has 96 valence electrons. The predicted octanol–water partition coefficient (Wildman–Crippen LogP) is 0.609. The average Bonchev–Trinajstić information content (AvgIpc) is 2.34. The van der Waals surface area contributed by atoms with Crippen LogP contribution in [0.25, 0.3) is 0 Å². The van der Waals surface area contributed by atoms with Crippen molar-refractivity contribution in [1.29, 1.82) is 0 Å². The molecule has 1 unspecified atom stereocenters. The van der Waals surface area contributed by atoms with Gasteiger partial charge in [0.25, 0.3) is 0 Å². The van der Waals surface area contributed by atoms with Crippen molar-refractivity contribution in [2.45, 2.75) is 18.9 Å². The monoisotopic (exact) mass is 253 g/mol. The van der Waals surface area contributed by atoms with Gasteiger partial charge in [0.05, 0.1) is 6.20 Å². The second-order valence-electron chi connectivity index (χ2n) is 3.99. The number of nitrogens with one attached hydrogen (secondary N) is 2. The molecule has 1 aliphatic rings. The molecule has 2 heterocycles. The first kappa shape index (κ1) is 12.3. The van der Waals surface area contributed by atoms with E-state index in [1.807, 2.05) is 0 Å². The quantitative estimate of drug-likeness (QED) is 0.734. The molecule has 1 aliphatic heterocycles. The molecule has 0 spiro atoms. The summed E-state index contributed by atoms with van der Waals surface area (Å²) in [5.41, 5.74) is -0.284. The number of aromatic carboxylic acids is 1. The van der Waals surface area contributed by atoms with Crippen molar-refractivity contribution in [3.63, 3.8) is 0 Å². The molecule has 1 amide bonds. The number of hydrogen-bond acceptors (Lipinski definition) is 4. The van der Waals surface area contributed by atoms with Crippen molar-refractivity contribution in [2.75, 3.05) is 11.9 Å². The van der Waals surface area contributed by atoms with E-state index in [1.165, 1.54) is 0 Å². The molecule has 6 nitrogen and oxygen atoms in total. The molecule has 0 bridgehead atoms. The van der Waals surface area contributed by atoms with Gasteiger partial charge >= 0.3 is 5.97 Å². The van der Waals surface area contributed by atoms with Gasteiger partial charge in [-0.3, -0.25) is 4.79 Å². The van der Waals surface area contributed by atoms with Crippen LogP contribution in [0.1, 0.15) is 23.2 Å². The highest BCUT2D eigenvalue weighted by Gasteiger charge is 2.24. The normalized spacial score (nSPS) is 19.2. The minimum atomic E-state index is -1.29.